The van der Waals surface area contributed by atoms with Crippen LogP contribution < -0.4 is 10.1 Å². The maximum absolute atomic E-state index is 5.53. The first-order valence-electron chi connectivity index (χ1n) is 6.23. The molecule has 6 nitrogen and oxygen atoms in total. The molecule has 0 aromatic carbocycles. The second-order valence-electron chi connectivity index (χ2n) is 3.72. The maximum atomic E-state index is 5.53. The van der Waals surface area contributed by atoms with Crippen LogP contribution in [-0.2, 0) is 9.47 Å². The maximum Gasteiger partial charge on any atom is 0.233 e. The molecule has 19 heavy (non-hydrogen) atoms. The van der Waals surface area contributed by atoms with Gasteiger partial charge in [0.25, 0.3) is 0 Å². The number of aromatic nitrogens is 2. The van der Waals surface area contributed by atoms with Gasteiger partial charge in [0.2, 0.25) is 5.88 Å². The number of hydrogen-bond donors (Lipinski definition) is 1. The summed E-state index contributed by atoms with van der Waals surface area (Å²) in [6.07, 6.45) is 2.50. The van der Waals surface area contributed by atoms with E-state index in [9.17, 15) is 0 Å². The van der Waals surface area contributed by atoms with E-state index in [1.807, 2.05) is 0 Å². The summed E-state index contributed by atoms with van der Waals surface area (Å²) in [4.78, 5) is 8.23. The quantitative estimate of drug-likeness (QED) is 0.661. The number of nitrogens with one attached hydrogen (secondary N) is 1. The highest BCUT2D eigenvalue weighted by Crippen LogP contribution is 2.28. The molecule has 1 heterocycles. The van der Waals surface area contributed by atoms with Gasteiger partial charge in [-0.1, -0.05) is 6.92 Å². The summed E-state index contributed by atoms with van der Waals surface area (Å²) >= 11 is 3.43. The van der Waals surface area contributed by atoms with Gasteiger partial charge < -0.3 is 19.5 Å². The monoisotopic (exact) mass is 333 g/mol. The second kappa shape index (κ2) is 9.94. The number of rotatable bonds is 10. The van der Waals surface area contributed by atoms with Crippen LogP contribution in [-0.4, -0.2) is 50.1 Å². The van der Waals surface area contributed by atoms with Crippen LogP contribution in [0.15, 0.2) is 10.8 Å². The van der Waals surface area contributed by atoms with Crippen LogP contribution >= 0.6 is 15.9 Å². The summed E-state index contributed by atoms with van der Waals surface area (Å²) in [7, 11) is 1.64. The predicted molar refractivity (Wildman–Crippen MR) is 76.7 cm³/mol. The minimum atomic E-state index is 0.437. The van der Waals surface area contributed by atoms with Crippen molar-refractivity contribution in [3.05, 3.63) is 10.8 Å². The van der Waals surface area contributed by atoms with Crippen LogP contribution in [0.1, 0.15) is 13.3 Å². The molecular weight excluding hydrogens is 314 g/mol. The predicted octanol–water partition coefficient (Wildman–Crippen LogP) is 2.10. The Bertz CT molecular complexity index is 366. The van der Waals surface area contributed by atoms with Crippen molar-refractivity contribution in [1.82, 2.24) is 9.97 Å². The summed E-state index contributed by atoms with van der Waals surface area (Å²) in [6.45, 7) is 5.03. The van der Waals surface area contributed by atoms with E-state index in [4.69, 9.17) is 14.2 Å². The van der Waals surface area contributed by atoms with Gasteiger partial charge in [0.15, 0.2) is 0 Å². The van der Waals surface area contributed by atoms with Gasteiger partial charge in [-0.15, -0.1) is 0 Å². The van der Waals surface area contributed by atoms with Gasteiger partial charge in [0.1, 0.15) is 23.2 Å². The molecule has 0 bridgehead atoms. The van der Waals surface area contributed by atoms with E-state index in [1.54, 1.807) is 7.11 Å². The molecule has 0 aliphatic heterocycles. The Labute approximate surface area is 122 Å². The third-order valence-electron chi connectivity index (χ3n) is 2.20. The molecule has 0 amide bonds. The molecule has 1 N–H and O–H groups in total. The largest absolute Gasteiger partial charge is 0.474 e. The first-order valence-corrected chi connectivity index (χ1v) is 7.02. The Morgan fingerprint density at radius 2 is 2.00 bits per heavy atom. The van der Waals surface area contributed by atoms with Gasteiger partial charge in [-0.2, -0.15) is 0 Å². The minimum Gasteiger partial charge on any atom is -0.474 e. The topological polar surface area (TPSA) is 65.5 Å². The zero-order valence-electron chi connectivity index (χ0n) is 11.3. The Balaban J connectivity index is 2.36. The number of anilines is 1. The molecule has 0 aliphatic carbocycles. The van der Waals surface area contributed by atoms with Crippen LogP contribution in [0.3, 0.4) is 0 Å². The fourth-order valence-electron chi connectivity index (χ4n) is 1.26. The summed E-state index contributed by atoms with van der Waals surface area (Å²) in [5.74, 6) is 1.26. The third-order valence-corrected chi connectivity index (χ3v) is 2.91. The van der Waals surface area contributed by atoms with Crippen molar-refractivity contribution in [3.8, 4) is 5.88 Å². The molecule has 0 unspecified atom stereocenters. The zero-order chi connectivity index (χ0) is 13.9. The van der Waals surface area contributed by atoms with E-state index < -0.39 is 0 Å². The van der Waals surface area contributed by atoms with Crippen molar-refractivity contribution in [2.75, 3.05) is 45.4 Å². The van der Waals surface area contributed by atoms with Crippen molar-refractivity contribution in [3.63, 3.8) is 0 Å². The summed E-state index contributed by atoms with van der Waals surface area (Å²) in [5.41, 5.74) is 0. The molecular formula is C12H20BrN3O3. The summed E-state index contributed by atoms with van der Waals surface area (Å²) < 4.78 is 16.5. The van der Waals surface area contributed by atoms with Crippen molar-refractivity contribution in [2.45, 2.75) is 13.3 Å². The lowest BCUT2D eigenvalue weighted by Gasteiger charge is -2.10. The molecule has 1 aromatic rings. The van der Waals surface area contributed by atoms with Gasteiger partial charge in [0, 0.05) is 13.7 Å². The van der Waals surface area contributed by atoms with Crippen LogP contribution in [0, 0.1) is 0 Å². The smallest absolute Gasteiger partial charge is 0.233 e. The second-order valence-corrected chi connectivity index (χ2v) is 4.51. The minimum absolute atomic E-state index is 0.437. The van der Waals surface area contributed by atoms with Crippen LogP contribution in [0.4, 0.5) is 5.82 Å². The average molecular weight is 334 g/mol. The van der Waals surface area contributed by atoms with Gasteiger partial charge in [-0.3, -0.25) is 0 Å². The van der Waals surface area contributed by atoms with Crippen molar-refractivity contribution >= 4 is 21.7 Å². The first-order chi connectivity index (χ1) is 9.29. The average Bonchev–Trinajstić information content (AvgIpc) is 2.43. The number of halogens is 1. The van der Waals surface area contributed by atoms with Gasteiger partial charge in [-0.25, -0.2) is 9.97 Å². The normalized spacial score (nSPS) is 10.5. The molecule has 0 aliphatic rings. The van der Waals surface area contributed by atoms with Crippen LogP contribution in [0.2, 0.25) is 0 Å². The molecule has 7 heteroatoms. The van der Waals surface area contributed by atoms with E-state index in [0.29, 0.717) is 32.3 Å². The van der Waals surface area contributed by atoms with Crippen molar-refractivity contribution in [2.24, 2.45) is 0 Å². The number of methoxy groups -OCH3 is 1. The van der Waals surface area contributed by atoms with E-state index in [2.05, 4.69) is 38.1 Å². The highest BCUT2D eigenvalue weighted by Gasteiger charge is 2.09. The molecule has 0 saturated heterocycles. The van der Waals surface area contributed by atoms with E-state index in [-0.39, 0.29) is 0 Å². The zero-order valence-corrected chi connectivity index (χ0v) is 12.9. The highest BCUT2D eigenvalue weighted by atomic mass is 79.9. The van der Waals surface area contributed by atoms with E-state index in [0.717, 1.165) is 23.3 Å². The third kappa shape index (κ3) is 6.17. The Kier molecular flexibility index (Phi) is 8.44. The molecule has 0 atom stereocenters. The lowest BCUT2D eigenvalue weighted by atomic mass is 10.4. The Morgan fingerprint density at radius 3 is 2.74 bits per heavy atom. The lowest BCUT2D eigenvalue weighted by molar-refractivity contribution is 0.0535. The molecule has 0 radical (unpaired) electrons. The van der Waals surface area contributed by atoms with Crippen LogP contribution in [0.25, 0.3) is 0 Å². The fourth-order valence-corrected chi connectivity index (χ4v) is 1.72. The highest BCUT2D eigenvalue weighted by molar-refractivity contribution is 9.10. The molecule has 1 rings (SSSR count). The number of hydrogen-bond acceptors (Lipinski definition) is 6. The first kappa shape index (κ1) is 16.1. The number of ether oxygens (including phenoxy) is 3. The number of nitrogens with zero attached hydrogens (tertiary/aromatic N) is 2. The van der Waals surface area contributed by atoms with Gasteiger partial charge >= 0.3 is 0 Å². The van der Waals surface area contributed by atoms with Gasteiger partial charge in [0.05, 0.1) is 19.8 Å². The van der Waals surface area contributed by atoms with Crippen LogP contribution in [0.5, 0.6) is 5.88 Å². The standard InChI is InChI=1S/C12H20BrN3O3/c1-3-4-14-11-10(13)12(16-9-15-11)19-8-7-18-6-5-17-2/h9H,3-8H2,1-2H3,(H,14,15,16). The molecule has 108 valence electrons. The van der Waals surface area contributed by atoms with Crippen molar-refractivity contribution in [1.29, 1.82) is 0 Å². The van der Waals surface area contributed by atoms with E-state index >= 15 is 0 Å². The Hall–Kier alpha value is -0.920. The van der Waals surface area contributed by atoms with E-state index in [1.165, 1.54) is 6.33 Å². The van der Waals surface area contributed by atoms with Crippen molar-refractivity contribution < 1.29 is 14.2 Å². The summed E-state index contributed by atoms with van der Waals surface area (Å²) in [6, 6.07) is 0. The SMILES string of the molecule is CCCNc1ncnc(OCCOCCOC)c1Br. The molecule has 0 spiro atoms. The van der Waals surface area contributed by atoms with Gasteiger partial charge in [-0.05, 0) is 22.4 Å². The molecule has 0 fully saturated rings. The summed E-state index contributed by atoms with van der Waals surface area (Å²) in [5, 5.41) is 3.20. The lowest BCUT2D eigenvalue weighted by Crippen LogP contribution is -2.11. The molecule has 0 saturated carbocycles. The molecule has 1 aromatic heterocycles. The fraction of sp³-hybridized carbons (Fsp3) is 0.667. The Morgan fingerprint density at radius 1 is 1.21 bits per heavy atom.